The summed E-state index contributed by atoms with van der Waals surface area (Å²) >= 11 is 7.39. The third kappa shape index (κ3) is 6.55. The van der Waals surface area contributed by atoms with Crippen molar-refractivity contribution >= 4 is 46.6 Å². The van der Waals surface area contributed by atoms with Crippen LogP contribution in [0.2, 0.25) is 5.02 Å². The number of amides is 2. The summed E-state index contributed by atoms with van der Waals surface area (Å²) in [7, 11) is 0. The van der Waals surface area contributed by atoms with Crippen molar-refractivity contribution in [2.24, 2.45) is 0 Å². The number of rotatable bonds is 9. The number of carbonyl (C=O) groups is 2. The highest BCUT2D eigenvalue weighted by Crippen LogP contribution is 2.25. The van der Waals surface area contributed by atoms with Gasteiger partial charge in [0, 0.05) is 27.9 Å². The lowest BCUT2D eigenvalue weighted by Crippen LogP contribution is -2.25. The van der Waals surface area contributed by atoms with Gasteiger partial charge < -0.3 is 10.6 Å². The summed E-state index contributed by atoms with van der Waals surface area (Å²) in [5.41, 5.74) is 2.86. The number of nitro groups is 1. The van der Waals surface area contributed by atoms with E-state index >= 15 is 0 Å². The highest BCUT2D eigenvalue weighted by atomic mass is 35.5. The molecule has 2 N–H and O–H groups in total. The topological polar surface area (TPSA) is 132 Å². The zero-order valence-electron chi connectivity index (χ0n) is 20.5. The van der Waals surface area contributed by atoms with Crippen molar-refractivity contribution in [3.63, 3.8) is 0 Å². The molecule has 0 aliphatic carbocycles. The van der Waals surface area contributed by atoms with Crippen molar-refractivity contribution < 1.29 is 14.5 Å². The van der Waals surface area contributed by atoms with Crippen LogP contribution in [0.5, 0.6) is 0 Å². The van der Waals surface area contributed by atoms with Crippen molar-refractivity contribution in [2.45, 2.75) is 25.5 Å². The van der Waals surface area contributed by atoms with Crippen LogP contribution >= 0.6 is 23.4 Å². The number of aryl methyl sites for hydroxylation is 2. The Hall–Kier alpha value is -4.22. The van der Waals surface area contributed by atoms with Crippen LogP contribution < -0.4 is 10.6 Å². The summed E-state index contributed by atoms with van der Waals surface area (Å²) in [4.78, 5) is 36.0. The Morgan fingerprint density at radius 2 is 1.84 bits per heavy atom. The van der Waals surface area contributed by atoms with Gasteiger partial charge in [-0.05, 0) is 55.8 Å². The second-order valence-electron chi connectivity index (χ2n) is 8.36. The van der Waals surface area contributed by atoms with E-state index in [9.17, 15) is 19.7 Å². The van der Waals surface area contributed by atoms with Crippen molar-refractivity contribution in [3.05, 3.63) is 104 Å². The molecule has 12 heteroatoms. The van der Waals surface area contributed by atoms with Crippen LogP contribution in [0.15, 0.2) is 71.9 Å². The summed E-state index contributed by atoms with van der Waals surface area (Å²) in [5.74, 6) is -0.243. The normalized spacial score (nSPS) is 10.7. The van der Waals surface area contributed by atoms with E-state index in [2.05, 4.69) is 20.8 Å². The number of hydrogen-bond donors (Lipinski definition) is 2. The van der Waals surface area contributed by atoms with Gasteiger partial charge in [-0.15, -0.1) is 10.2 Å². The van der Waals surface area contributed by atoms with E-state index in [1.165, 1.54) is 30.0 Å². The number of carbonyl (C=O) groups excluding carboxylic acids is 2. The smallest absolute Gasteiger partial charge is 0.273 e. The Morgan fingerprint density at radius 3 is 2.58 bits per heavy atom. The van der Waals surface area contributed by atoms with E-state index < -0.39 is 10.8 Å². The van der Waals surface area contributed by atoms with Crippen molar-refractivity contribution in [1.29, 1.82) is 0 Å². The van der Waals surface area contributed by atoms with Crippen LogP contribution in [0.1, 0.15) is 27.3 Å². The van der Waals surface area contributed by atoms with Gasteiger partial charge >= 0.3 is 0 Å². The first-order chi connectivity index (χ1) is 18.2. The lowest BCUT2D eigenvalue weighted by Gasteiger charge is -2.12. The Kier molecular flexibility index (Phi) is 8.39. The maximum absolute atomic E-state index is 12.8. The summed E-state index contributed by atoms with van der Waals surface area (Å²) in [5, 5.41) is 26.2. The van der Waals surface area contributed by atoms with Gasteiger partial charge in [-0.2, -0.15) is 0 Å². The van der Waals surface area contributed by atoms with Crippen LogP contribution in [0.4, 0.5) is 11.4 Å². The summed E-state index contributed by atoms with van der Waals surface area (Å²) in [6.07, 6.45) is 0. The van der Waals surface area contributed by atoms with Crippen LogP contribution in [0.25, 0.3) is 5.69 Å². The fraction of sp³-hybridized carbons (Fsp3) is 0.154. The third-order valence-corrected chi connectivity index (χ3v) is 6.64. The number of thioether (sulfide) groups is 1. The number of benzene rings is 3. The van der Waals surface area contributed by atoms with Crippen molar-refractivity contribution in [2.75, 3.05) is 11.1 Å². The predicted molar refractivity (Wildman–Crippen MR) is 146 cm³/mol. The molecule has 194 valence electrons. The minimum atomic E-state index is -0.527. The maximum atomic E-state index is 12.8. The quantitative estimate of drug-likeness (QED) is 0.168. The highest BCUT2D eigenvalue weighted by molar-refractivity contribution is 7.99. The number of aromatic nitrogens is 3. The fourth-order valence-electron chi connectivity index (χ4n) is 3.64. The number of anilines is 1. The fourth-order valence-corrected chi connectivity index (χ4v) is 4.60. The van der Waals surface area contributed by atoms with Crippen LogP contribution in [0.3, 0.4) is 0 Å². The molecule has 0 spiro atoms. The predicted octanol–water partition coefficient (Wildman–Crippen LogP) is 5.11. The molecule has 4 rings (SSSR count). The minimum Gasteiger partial charge on any atom is -0.345 e. The van der Waals surface area contributed by atoms with Gasteiger partial charge in [0.15, 0.2) is 11.0 Å². The van der Waals surface area contributed by atoms with Crippen LogP contribution in [-0.2, 0) is 11.3 Å². The molecule has 3 aromatic carbocycles. The minimum absolute atomic E-state index is 0.0178. The third-order valence-electron chi connectivity index (χ3n) is 5.48. The summed E-state index contributed by atoms with van der Waals surface area (Å²) < 4.78 is 1.70. The molecular formula is C26H23ClN6O4S. The molecule has 4 aromatic rings. The number of nitro benzene ring substituents is 1. The van der Waals surface area contributed by atoms with Crippen LogP contribution in [-0.4, -0.2) is 37.3 Å². The Balaban J connectivity index is 1.52. The molecule has 10 nitrogen and oxygen atoms in total. The molecule has 1 heterocycles. The largest absolute Gasteiger partial charge is 0.345 e. The molecule has 0 bridgehead atoms. The van der Waals surface area contributed by atoms with E-state index in [4.69, 9.17) is 11.6 Å². The van der Waals surface area contributed by atoms with Gasteiger partial charge in [-0.1, -0.05) is 47.6 Å². The average molecular weight is 551 g/mol. The van der Waals surface area contributed by atoms with E-state index in [1.807, 2.05) is 31.2 Å². The number of nitrogens with one attached hydrogen (secondary N) is 2. The molecule has 0 radical (unpaired) electrons. The average Bonchev–Trinajstić information content (AvgIpc) is 3.29. The molecule has 0 aliphatic heterocycles. The van der Waals surface area contributed by atoms with E-state index in [0.717, 1.165) is 5.56 Å². The number of nitrogens with zero attached hydrogens (tertiary/aromatic N) is 4. The zero-order valence-corrected chi connectivity index (χ0v) is 22.0. The molecule has 38 heavy (non-hydrogen) atoms. The number of halogens is 1. The second-order valence-corrected chi connectivity index (χ2v) is 9.74. The molecule has 0 saturated heterocycles. The molecule has 2 amide bonds. The van der Waals surface area contributed by atoms with Gasteiger partial charge in [0.25, 0.3) is 11.6 Å². The summed E-state index contributed by atoms with van der Waals surface area (Å²) in [6, 6.07) is 18.8. The highest BCUT2D eigenvalue weighted by Gasteiger charge is 2.19. The Bertz CT molecular complexity index is 1520. The van der Waals surface area contributed by atoms with Gasteiger partial charge in [0.2, 0.25) is 5.91 Å². The Labute approximate surface area is 227 Å². The van der Waals surface area contributed by atoms with Crippen molar-refractivity contribution in [3.8, 4) is 5.69 Å². The number of hydrogen-bond acceptors (Lipinski definition) is 7. The molecule has 0 aliphatic rings. The van der Waals surface area contributed by atoms with E-state index in [-0.39, 0.29) is 29.5 Å². The molecule has 0 fully saturated rings. The molecular weight excluding hydrogens is 528 g/mol. The lowest BCUT2D eigenvalue weighted by molar-refractivity contribution is -0.385. The Morgan fingerprint density at radius 1 is 1.05 bits per heavy atom. The molecule has 1 aromatic heterocycles. The first kappa shape index (κ1) is 26.8. The van der Waals surface area contributed by atoms with Crippen LogP contribution in [0, 0.1) is 24.0 Å². The van der Waals surface area contributed by atoms with Gasteiger partial charge in [-0.3, -0.25) is 24.3 Å². The maximum Gasteiger partial charge on any atom is 0.273 e. The monoisotopic (exact) mass is 550 g/mol. The molecule has 0 saturated carbocycles. The lowest BCUT2D eigenvalue weighted by atomic mass is 10.1. The first-order valence-corrected chi connectivity index (χ1v) is 12.8. The van der Waals surface area contributed by atoms with E-state index in [1.54, 1.807) is 35.8 Å². The standard InChI is InChI=1S/C26H23ClN6O4S/c1-16-5-3-7-20(11-16)29-24(34)15-38-26-31-30-23(32(26)21-8-4-6-19(27)13-21)14-28-25(35)18-10-9-17(2)22(12-18)33(36)37/h3-13H,14-15H2,1-2H3,(H,28,35)(H,29,34). The molecule has 0 atom stereocenters. The summed E-state index contributed by atoms with van der Waals surface area (Å²) in [6.45, 7) is 3.53. The molecule has 0 unspecified atom stereocenters. The van der Waals surface area contributed by atoms with Gasteiger partial charge in [-0.25, -0.2) is 0 Å². The first-order valence-electron chi connectivity index (χ1n) is 11.4. The van der Waals surface area contributed by atoms with E-state index in [0.29, 0.717) is 32.9 Å². The van der Waals surface area contributed by atoms with Crippen molar-refractivity contribution in [1.82, 2.24) is 20.1 Å². The second kappa shape index (κ2) is 11.9. The zero-order chi connectivity index (χ0) is 27.2. The van der Waals surface area contributed by atoms with Gasteiger partial charge in [0.1, 0.15) is 0 Å². The SMILES string of the molecule is Cc1cccc(NC(=O)CSc2nnc(CNC(=O)c3ccc(C)c([N+](=O)[O-])c3)n2-c2cccc(Cl)c2)c1. The van der Waals surface area contributed by atoms with Gasteiger partial charge in [0.05, 0.1) is 22.9 Å².